The summed E-state index contributed by atoms with van der Waals surface area (Å²) in [5.41, 5.74) is 2.54. The van der Waals surface area contributed by atoms with Gasteiger partial charge in [-0.3, -0.25) is 10.1 Å². The Hall–Kier alpha value is -3.92. The van der Waals surface area contributed by atoms with E-state index in [9.17, 15) is 9.18 Å². The number of nitrogens with one attached hydrogen (secondary N) is 2. The summed E-state index contributed by atoms with van der Waals surface area (Å²) in [5, 5.41) is 6.32. The molecule has 0 fully saturated rings. The van der Waals surface area contributed by atoms with Crippen LogP contribution in [0.15, 0.2) is 54.7 Å². The van der Waals surface area contributed by atoms with Crippen LogP contribution in [0.5, 0.6) is 0 Å². The van der Waals surface area contributed by atoms with Crippen LogP contribution in [0.2, 0.25) is 0 Å². The first kappa shape index (κ1) is 22.3. The molecule has 0 atom stereocenters. The number of aromatic nitrogens is 4. The van der Waals surface area contributed by atoms with Gasteiger partial charge in [-0.2, -0.15) is 15.0 Å². The maximum atomic E-state index is 13.3. The lowest BCUT2D eigenvalue weighted by Gasteiger charge is -2.18. The van der Waals surface area contributed by atoms with Gasteiger partial charge in [-0.1, -0.05) is 23.8 Å². The lowest BCUT2D eigenvalue weighted by Crippen LogP contribution is -2.15. The fraction of sp³-hybridized carbons (Fsp3) is 0.174. The molecule has 4 aromatic rings. The van der Waals surface area contributed by atoms with E-state index in [2.05, 4.69) is 30.6 Å². The van der Waals surface area contributed by atoms with E-state index in [-0.39, 0.29) is 12.3 Å². The molecule has 0 aliphatic heterocycles. The van der Waals surface area contributed by atoms with Gasteiger partial charge in [0.2, 0.25) is 17.8 Å². The fourth-order valence-electron chi connectivity index (χ4n) is 3.03. The van der Waals surface area contributed by atoms with Crippen LogP contribution in [-0.2, 0) is 11.2 Å². The Kier molecular flexibility index (Phi) is 6.55. The van der Waals surface area contributed by atoms with Gasteiger partial charge in [0, 0.05) is 29.5 Å². The van der Waals surface area contributed by atoms with Crippen LogP contribution in [-0.4, -0.2) is 32.9 Å². The highest BCUT2D eigenvalue weighted by atomic mass is 32.1. The second kappa shape index (κ2) is 9.70. The van der Waals surface area contributed by atoms with Crippen LogP contribution in [0.4, 0.5) is 32.8 Å². The molecule has 0 radical (unpaired) electrons. The van der Waals surface area contributed by atoms with Crippen molar-refractivity contribution in [2.75, 3.05) is 22.6 Å². The number of rotatable bonds is 7. The summed E-state index contributed by atoms with van der Waals surface area (Å²) in [6.45, 7) is 3.83. The first-order valence-corrected chi connectivity index (χ1v) is 11.0. The van der Waals surface area contributed by atoms with Crippen molar-refractivity contribution in [2.24, 2.45) is 0 Å². The van der Waals surface area contributed by atoms with Crippen LogP contribution < -0.4 is 15.5 Å². The van der Waals surface area contributed by atoms with Gasteiger partial charge < -0.3 is 10.2 Å². The molecule has 2 aromatic heterocycles. The summed E-state index contributed by atoms with van der Waals surface area (Å²) >= 11 is 1.32. The zero-order valence-corrected chi connectivity index (χ0v) is 19.2. The van der Waals surface area contributed by atoms with Crippen molar-refractivity contribution in [3.8, 4) is 0 Å². The minimum Gasteiger partial charge on any atom is -0.326 e. The summed E-state index contributed by atoms with van der Waals surface area (Å²) in [4.78, 5) is 32.5. The van der Waals surface area contributed by atoms with Gasteiger partial charge in [-0.25, -0.2) is 9.37 Å². The Labute approximate surface area is 194 Å². The Bertz CT molecular complexity index is 1280. The molecule has 0 aliphatic rings. The van der Waals surface area contributed by atoms with Gasteiger partial charge in [0.1, 0.15) is 11.6 Å². The van der Waals surface area contributed by atoms with E-state index in [1.54, 1.807) is 25.3 Å². The molecular weight excluding hydrogens is 441 g/mol. The second-order valence-corrected chi connectivity index (χ2v) is 8.51. The highest BCUT2D eigenvalue weighted by Gasteiger charge is 2.13. The van der Waals surface area contributed by atoms with Crippen molar-refractivity contribution in [1.82, 2.24) is 19.9 Å². The highest BCUT2D eigenvalue weighted by molar-refractivity contribution is 7.15. The second-order valence-electron chi connectivity index (χ2n) is 7.39. The molecular formula is C23H22FN7OS. The standard InChI is InChI=1S/C23H22FN7OS/c1-14-7-9-18(10-8-14)31(3)22-27-15(2)26-21(29-22)30-23-25-13-19(33-23)12-20(32)28-17-6-4-5-16(24)11-17/h4-11,13H,12H2,1-3H3,(H,28,32)(H,25,26,27,29,30). The number of anilines is 5. The Morgan fingerprint density at radius 3 is 2.64 bits per heavy atom. The predicted molar refractivity (Wildman–Crippen MR) is 128 cm³/mol. The molecule has 0 bridgehead atoms. The SMILES string of the molecule is Cc1ccc(N(C)c2nc(C)nc(Nc3ncc(CC(=O)Nc4cccc(F)c4)s3)n2)cc1. The number of hydrogen-bond donors (Lipinski definition) is 2. The van der Waals surface area contributed by atoms with Gasteiger partial charge in [-0.05, 0) is 44.2 Å². The van der Waals surface area contributed by atoms with Gasteiger partial charge in [-0.15, -0.1) is 11.3 Å². The number of amides is 1. The average Bonchev–Trinajstić information content (AvgIpc) is 3.19. The van der Waals surface area contributed by atoms with E-state index >= 15 is 0 Å². The summed E-state index contributed by atoms with van der Waals surface area (Å²) in [6, 6.07) is 13.8. The Balaban J connectivity index is 1.43. The predicted octanol–water partition coefficient (Wildman–Crippen LogP) is 4.78. The van der Waals surface area contributed by atoms with E-state index in [4.69, 9.17) is 0 Å². The van der Waals surface area contributed by atoms with E-state index in [0.717, 1.165) is 10.6 Å². The number of carbonyl (C=O) groups is 1. The number of aryl methyl sites for hydroxylation is 2. The average molecular weight is 464 g/mol. The van der Waals surface area contributed by atoms with Crippen molar-refractivity contribution in [3.05, 3.63) is 76.8 Å². The Morgan fingerprint density at radius 2 is 1.88 bits per heavy atom. The van der Waals surface area contributed by atoms with Crippen LogP contribution in [0.3, 0.4) is 0 Å². The van der Waals surface area contributed by atoms with Gasteiger partial charge in [0.05, 0.1) is 6.42 Å². The molecule has 168 valence electrons. The summed E-state index contributed by atoms with van der Waals surface area (Å²) < 4.78 is 13.3. The number of carbonyl (C=O) groups excluding carboxylic acids is 1. The zero-order valence-electron chi connectivity index (χ0n) is 18.3. The van der Waals surface area contributed by atoms with Gasteiger partial charge >= 0.3 is 0 Å². The van der Waals surface area contributed by atoms with Crippen molar-refractivity contribution >= 4 is 45.6 Å². The third-order valence-corrected chi connectivity index (χ3v) is 5.58. The molecule has 2 aromatic carbocycles. The van der Waals surface area contributed by atoms with Crippen LogP contribution in [0, 0.1) is 19.7 Å². The van der Waals surface area contributed by atoms with Crippen molar-refractivity contribution < 1.29 is 9.18 Å². The Morgan fingerprint density at radius 1 is 1.09 bits per heavy atom. The highest BCUT2D eigenvalue weighted by Crippen LogP contribution is 2.25. The molecule has 0 saturated heterocycles. The van der Waals surface area contributed by atoms with Gasteiger partial charge in [0.25, 0.3) is 0 Å². The van der Waals surface area contributed by atoms with Crippen LogP contribution in [0.1, 0.15) is 16.3 Å². The quantitative estimate of drug-likeness (QED) is 0.407. The molecule has 0 spiro atoms. The number of thiazole rings is 1. The largest absolute Gasteiger partial charge is 0.326 e. The van der Waals surface area contributed by atoms with Crippen LogP contribution >= 0.6 is 11.3 Å². The minimum absolute atomic E-state index is 0.119. The maximum absolute atomic E-state index is 13.3. The number of hydrogen-bond acceptors (Lipinski definition) is 8. The fourth-order valence-corrected chi connectivity index (χ4v) is 3.83. The third kappa shape index (κ3) is 5.86. The van der Waals surface area contributed by atoms with Crippen LogP contribution in [0.25, 0.3) is 0 Å². The first-order valence-electron chi connectivity index (χ1n) is 10.2. The molecule has 0 saturated carbocycles. The zero-order chi connectivity index (χ0) is 23.4. The summed E-state index contributed by atoms with van der Waals surface area (Å²) in [5.74, 6) is 0.764. The molecule has 0 unspecified atom stereocenters. The topological polar surface area (TPSA) is 95.9 Å². The summed E-state index contributed by atoms with van der Waals surface area (Å²) in [7, 11) is 1.89. The third-order valence-electron chi connectivity index (χ3n) is 4.67. The number of nitrogens with zero attached hydrogens (tertiary/aromatic N) is 5. The monoisotopic (exact) mass is 463 g/mol. The number of halogens is 1. The number of benzene rings is 2. The summed E-state index contributed by atoms with van der Waals surface area (Å²) in [6.07, 6.45) is 1.74. The van der Waals surface area contributed by atoms with E-state index < -0.39 is 5.82 Å². The molecule has 2 N–H and O–H groups in total. The lowest BCUT2D eigenvalue weighted by molar-refractivity contribution is -0.115. The smallest absolute Gasteiger partial charge is 0.234 e. The minimum atomic E-state index is -0.405. The molecule has 0 aliphatic carbocycles. The maximum Gasteiger partial charge on any atom is 0.234 e. The van der Waals surface area contributed by atoms with E-state index in [0.29, 0.717) is 28.5 Å². The first-order chi connectivity index (χ1) is 15.9. The van der Waals surface area contributed by atoms with E-state index in [1.165, 1.54) is 29.0 Å². The van der Waals surface area contributed by atoms with Gasteiger partial charge in [0.15, 0.2) is 5.13 Å². The molecule has 1 amide bonds. The molecule has 33 heavy (non-hydrogen) atoms. The lowest BCUT2D eigenvalue weighted by atomic mass is 10.2. The van der Waals surface area contributed by atoms with E-state index in [1.807, 2.05) is 43.1 Å². The molecule has 4 rings (SSSR count). The normalized spacial score (nSPS) is 10.7. The van der Waals surface area contributed by atoms with Crippen molar-refractivity contribution in [3.63, 3.8) is 0 Å². The molecule has 10 heteroatoms. The molecule has 8 nitrogen and oxygen atoms in total. The van der Waals surface area contributed by atoms with Crippen molar-refractivity contribution in [2.45, 2.75) is 20.3 Å². The molecule has 2 heterocycles. The van der Waals surface area contributed by atoms with Crippen molar-refractivity contribution in [1.29, 1.82) is 0 Å².